The van der Waals surface area contributed by atoms with Crippen molar-refractivity contribution in [1.82, 2.24) is 14.3 Å². The number of hydrogen-bond donors (Lipinski definition) is 2. The van der Waals surface area contributed by atoms with Gasteiger partial charge in [0.15, 0.2) is 0 Å². The molecule has 1 aliphatic heterocycles. The summed E-state index contributed by atoms with van der Waals surface area (Å²) in [5.74, 6) is 0. The predicted molar refractivity (Wildman–Crippen MR) is 88.5 cm³/mol. The van der Waals surface area contributed by atoms with Gasteiger partial charge < -0.3 is 5.32 Å². The minimum absolute atomic E-state index is 0.00980. The Bertz CT molecular complexity index is 384. The van der Waals surface area contributed by atoms with E-state index in [-0.39, 0.29) is 12.1 Å². The summed E-state index contributed by atoms with van der Waals surface area (Å²) in [5.41, 5.74) is 0. The average molecular weight is 320 g/mol. The lowest BCUT2D eigenvalue weighted by Gasteiger charge is -2.36. The Morgan fingerprint density at radius 1 is 1.24 bits per heavy atom. The van der Waals surface area contributed by atoms with Crippen LogP contribution in [0.3, 0.4) is 0 Å². The van der Waals surface area contributed by atoms with E-state index in [0.29, 0.717) is 12.6 Å². The van der Waals surface area contributed by atoms with Gasteiger partial charge in [-0.1, -0.05) is 40.0 Å². The lowest BCUT2D eigenvalue weighted by molar-refractivity contribution is 0.238. The second-order valence-corrected chi connectivity index (χ2v) is 8.14. The molecule has 5 nitrogen and oxygen atoms in total. The van der Waals surface area contributed by atoms with E-state index < -0.39 is 10.2 Å². The molecule has 1 rings (SSSR count). The molecule has 0 aromatic heterocycles. The van der Waals surface area contributed by atoms with Gasteiger partial charge in [0.1, 0.15) is 0 Å². The quantitative estimate of drug-likeness (QED) is 0.685. The molecular formula is C15H33N3O2S. The van der Waals surface area contributed by atoms with Crippen LogP contribution >= 0.6 is 0 Å². The van der Waals surface area contributed by atoms with E-state index in [2.05, 4.69) is 30.8 Å². The van der Waals surface area contributed by atoms with E-state index in [1.165, 1.54) is 0 Å². The molecule has 0 amide bonds. The first-order valence-corrected chi connectivity index (χ1v) is 9.83. The Kier molecular flexibility index (Phi) is 8.16. The maximum atomic E-state index is 12.6. The zero-order valence-corrected chi connectivity index (χ0v) is 14.9. The Morgan fingerprint density at radius 2 is 1.95 bits per heavy atom. The standard InChI is InChI=1S/C15H33N3O2S/c1-5-6-9-14(4)17-21(19,20)18-11-8-7-10-15(18)12-16-13(2)3/h13-17H,5-12H2,1-4H3. The summed E-state index contributed by atoms with van der Waals surface area (Å²) in [6.07, 6.45) is 6.07. The third-order valence-corrected chi connectivity index (χ3v) is 5.78. The minimum atomic E-state index is -3.37. The minimum Gasteiger partial charge on any atom is -0.313 e. The molecule has 0 spiro atoms. The van der Waals surface area contributed by atoms with E-state index in [1.807, 2.05) is 6.92 Å². The van der Waals surface area contributed by atoms with Gasteiger partial charge in [-0.2, -0.15) is 17.4 Å². The van der Waals surface area contributed by atoms with Gasteiger partial charge in [0.05, 0.1) is 0 Å². The van der Waals surface area contributed by atoms with Gasteiger partial charge in [0.25, 0.3) is 10.2 Å². The molecule has 0 bridgehead atoms. The van der Waals surface area contributed by atoms with Gasteiger partial charge in [0, 0.05) is 31.2 Å². The highest BCUT2D eigenvalue weighted by molar-refractivity contribution is 7.87. The number of nitrogens with zero attached hydrogens (tertiary/aromatic N) is 1. The smallest absolute Gasteiger partial charge is 0.279 e. The number of rotatable bonds is 9. The van der Waals surface area contributed by atoms with Crippen molar-refractivity contribution >= 4 is 10.2 Å². The highest BCUT2D eigenvalue weighted by atomic mass is 32.2. The molecular weight excluding hydrogens is 286 g/mol. The van der Waals surface area contributed by atoms with Gasteiger partial charge in [-0.05, 0) is 26.2 Å². The maximum absolute atomic E-state index is 12.6. The van der Waals surface area contributed by atoms with Crippen molar-refractivity contribution in [2.24, 2.45) is 0 Å². The van der Waals surface area contributed by atoms with Crippen LogP contribution in [0.25, 0.3) is 0 Å². The van der Waals surface area contributed by atoms with Gasteiger partial charge >= 0.3 is 0 Å². The van der Waals surface area contributed by atoms with Crippen molar-refractivity contribution in [3.63, 3.8) is 0 Å². The summed E-state index contributed by atoms with van der Waals surface area (Å²) < 4.78 is 29.7. The molecule has 0 aromatic carbocycles. The molecule has 1 fully saturated rings. The van der Waals surface area contributed by atoms with Crippen LogP contribution in [0.2, 0.25) is 0 Å². The molecule has 0 aliphatic carbocycles. The van der Waals surface area contributed by atoms with Crippen LogP contribution in [-0.2, 0) is 10.2 Å². The summed E-state index contributed by atoms with van der Waals surface area (Å²) in [5, 5.41) is 3.37. The van der Waals surface area contributed by atoms with E-state index in [1.54, 1.807) is 4.31 Å². The average Bonchev–Trinajstić information content (AvgIpc) is 2.42. The summed E-state index contributed by atoms with van der Waals surface area (Å²) in [6, 6.07) is 0.473. The monoisotopic (exact) mass is 319 g/mol. The topological polar surface area (TPSA) is 61.4 Å². The van der Waals surface area contributed by atoms with Crippen molar-refractivity contribution in [2.45, 2.75) is 84.3 Å². The van der Waals surface area contributed by atoms with Crippen LogP contribution in [0.5, 0.6) is 0 Å². The molecule has 6 heteroatoms. The molecule has 2 unspecified atom stereocenters. The fourth-order valence-corrected chi connectivity index (χ4v) is 4.46. The van der Waals surface area contributed by atoms with Crippen LogP contribution in [0.15, 0.2) is 0 Å². The fourth-order valence-electron chi connectivity index (χ4n) is 2.76. The molecule has 2 atom stereocenters. The number of piperidine rings is 1. The SMILES string of the molecule is CCCCC(C)NS(=O)(=O)N1CCCCC1CNC(C)C. The van der Waals surface area contributed by atoms with Gasteiger partial charge in [-0.15, -0.1) is 0 Å². The van der Waals surface area contributed by atoms with Crippen molar-refractivity contribution in [1.29, 1.82) is 0 Å². The number of unbranched alkanes of at least 4 members (excludes halogenated alkanes) is 1. The van der Waals surface area contributed by atoms with Crippen LogP contribution in [0.4, 0.5) is 0 Å². The first kappa shape index (κ1) is 18.9. The zero-order chi connectivity index (χ0) is 15.9. The molecule has 2 N–H and O–H groups in total. The Morgan fingerprint density at radius 3 is 2.57 bits per heavy atom. The van der Waals surface area contributed by atoms with Crippen molar-refractivity contribution in [3.05, 3.63) is 0 Å². The Labute approximate surface area is 131 Å². The van der Waals surface area contributed by atoms with E-state index in [9.17, 15) is 8.42 Å². The molecule has 21 heavy (non-hydrogen) atoms. The molecule has 1 saturated heterocycles. The normalized spacial score (nSPS) is 22.6. The lowest BCUT2D eigenvalue weighted by Crippen LogP contribution is -2.54. The predicted octanol–water partition coefficient (Wildman–Crippen LogP) is 2.25. The van der Waals surface area contributed by atoms with Crippen LogP contribution in [-0.4, -0.2) is 43.9 Å². The van der Waals surface area contributed by atoms with Gasteiger partial charge in [0.2, 0.25) is 0 Å². The highest BCUT2D eigenvalue weighted by Gasteiger charge is 2.32. The number of hydrogen-bond acceptors (Lipinski definition) is 3. The second-order valence-electron chi connectivity index (χ2n) is 6.49. The lowest BCUT2D eigenvalue weighted by atomic mass is 10.0. The van der Waals surface area contributed by atoms with Crippen LogP contribution < -0.4 is 10.0 Å². The summed E-state index contributed by atoms with van der Waals surface area (Å²) in [6.45, 7) is 9.64. The van der Waals surface area contributed by atoms with Crippen LogP contribution in [0.1, 0.15) is 66.2 Å². The van der Waals surface area contributed by atoms with E-state index >= 15 is 0 Å². The third kappa shape index (κ3) is 6.63. The fraction of sp³-hybridized carbons (Fsp3) is 1.00. The summed E-state index contributed by atoms with van der Waals surface area (Å²) >= 11 is 0. The van der Waals surface area contributed by atoms with Crippen molar-refractivity contribution in [2.75, 3.05) is 13.1 Å². The highest BCUT2D eigenvalue weighted by Crippen LogP contribution is 2.20. The maximum Gasteiger partial charge on any atom is 0.279 e. The molecule has 0 radical (unpaired) electrons. The molecule has 1 aliphatic rings. The third-order valence-electron chi connectivity index (χ3n) is 3.98. The number of nitrogens with one attached hydrogen (secondary N) is 2. The largest absolute Gasteiger partial charge is 0.313 e. The Balaban J connectivity index is 2.63. The first-order valence-electron chi connectivity index (χ1n) is 8.39. The van der Waals surface area contributed by atoms with E-state index in [4.69, 9.17) is 0 Å². The van der Waals surface area contributed by atoms with Crippen molar-refractivity contribution in [3.8, 4) is 0 Å². The van der Waals surface area contributed by atoms with Crippen LogP contribution in [0, 0.1) is 0 Å². The zero-order valence-electron chi connectivity index (χ0n) is 14.1. The van der Waals surface area contributed by atoms with Gasteiger partial charge in [-0.25, -0.2) is 0 Å². The second kappa shape index (κ2) is 9.08. The summed E-state index contributed by atoms with van der Waals surface area (Å²) in [7, 11) is -3.37. The molecule has 0 aromatic rings. The van der Waals surface area contributed by atoms with E-state index in [0.717, 1.165) is 45.1 Å². The molecule has 126 valence electrons. The Hall–Kier alpha value is -0.170. The van der Waals surface area contributed by atoms with Crippen molar-refractivity contribution < 1.29 is 8.42 Å². The van der Waals surface area contributed by atoms with Gasteiger partial charge in [-0.3, -0.25) is 0 Å². The summed E-state index contributed by atoms with van der Waals surface area (Å²) in [4.78, 5) is 0. The molecule has 1 heterocycles. The molecule has 0 saturated carbocycles. The first-order chi connectivity index (χ1) is 9.86.